The van der Waals surface area contributed by atoms with Crippen LogP contribution in [-0.4, -0.2) is 70.2 Å². The molecule has 1 fully saturated rings. The fourth-order valence-electron chi connectivity index (χ4n) is 3.13. The third-order valence-corrected chi connectivity index (χ3v) is 7.63. The second-order valence-corrected chi connectivity index (χ2v) is 9.97. The Morgan fingerprint density at radius 3 is 2.48 bits per heavy atom. The van der Waals surface area contributed by atoms with Crippen molar-refractivity contribution in [2.45, 2.75) is 29.8 Å². The number of hydrogen-bond acceptors (Lipinski definition) is 6. The van der Waals surface area contributed by atoms with Gasteiger partial charge in [0.2, 0.25) is 15.9 Å². The number of aromatic nitrogens is 3. The van der Waals surface area contributed by atoms with Crippen LogP contribution in [0.3, 0.4) is 0 Å². The minimum Gasteiger partial charge on any atom is -0.339 e. The molecule has 0 bridgehead atoms. The van der Waals surface area contributed by atoms with Crippen molar-refractivity contribution in [1.29, 1.82) is 0 Å². The Bertz CT molecular complexity index is 985. The van der Waals surface area contributed by atoms with Gasteiger partial charge in [-0.15, -0.1) is 10.2 Å². The quantitative estimate of drug-likeness (QED) is 0.634. The average Bonchev–Trinajstić information content (AvgIpc) is 3.07. The van der Waals surface area contributed by atoms with E-state index >= 15 is 0 Å². The number of rotatable bonds is 6. The summed E-state index contributed by atoms with van der Waals surface area (Å²) in [6.45, 7) is 5.00. The van der Waals surface area contributed by atoms with Gasteiger partial charge in [0.05, 0.1) is 10.6 Å². The second-order valence-electron chi connectivity index (χ2n) is 7.09. The molecule has 11 heteroatoms. The highest BCUT2D eigenvalue weighted by molar-refractivity contribution is 7.99. The van der Waals surface area contributed by atoms with Crippen LogP contribution in [0.1, 0.15) is 25.6 Å². The highest BCUT2D eigenvalue weighted by atomic mass is 32.2. The molecule has 0 atom stereocenters. The van der Waals surface area contributed by atoms with E-state index < -0.39 is 15.8 Å². The zero-order chi connectivity index (χ0) is 21.2. The van der Waals surface area contributed by atoms with Gasteiger partial charge in [0.1, 0.15) is 11.6 Å². The van der Waals surface area contributed by atoms with Crippen molar-refractivity contribution < 1.29 is 17.6 Å². The van der Waals surface area contributed by atoms with E-state index in [2.05, 4.69) is 10.2 Å². The summed E-state index contributed by atoms with van der Waals surface area (Å²) < 4.78 is 41.9. The van der Waals surface area contributed by atoms with Gasteiger partial charge in [-0.3, -0.25) is 4.79 Å². The first-order valence-corrected chi connectivity index (χ1v) is 11.7. The third kappa shape index (κ3) is 4.78. The summed E-state index contributed by atoms with van der Waals surface area (Å²) in [5.41, 5.74) is 0. The second kappa shape index (κ2) is 8.80. The molecule has 1 amide bonds. The van der Waals surface area contributed by atoms with Crippen molar-refractivity contribution in [3.05, 3.63) is 35.9 Å². The largest absolute Gasteiger partial charge is 0.339 e. The predicted molar refractivity (Wildman–Crippen MR) is 108 cm³/mol. The lowest BCUT2D eigenvalue weighted by molar-refractivity contribution is -0.129. The van der Waals surface area contributed by atoms with Gasteiger partial charge in [-0.1, -0.05) is 31.7 Å². The molecule has 1 aromatic carbocycles. The van der Waals surface area contributed by atoms with Crippen LogP contribution in [0.2, 0.25) is 0 Å². The Kier molecular flexibility index (Phi) is 6.59. The summed E-state index contributed by atoms with van der Waals surface area (Å²) in [4.78, 5) is 14.1. The van der Waals surface area contributed by atoms with E-state index in [0.717, 1.165) is 11.9 Å². The van der Waals surface area contributed by atoms with Crippen molar-refractivity contribution in [2.75, 3.05) is 31.9 Å². The normalized spacial score (nSPS) is 15.8. The summed E-state index contributed by atoms with van der Waals surface area (Å²) >= 11 is 1.32. The maximum atomic E-state index is 13.4. The van der Waals surface area contributed by atoms with E-state index in [4.69, 9.17) is 0 Å². The summed E-state index contributed by atoms with van der Waals surface area (Å²) in [7, 11) is -1.90. The highest BCUT2D eigenvalue weighted by Gasteiger charge is 2.30. The van der Waals surface area contributed by atoms with Crippen LogP contribution in [0.5, 0.6) is 0 Å². The van der Waals surface area contributed by atoms with Crippen LogP contribution in [0, 0.1) is 5.82 Å². The molecular weight excluding hydrogens is 417 g/mol. The standard InChI is InChI=1S/C18H24FN5O3S2/c1-13(2)17-20-21-18(22(17)3)28-12-16(25)23-7-9-24(10-8-23)29(26,27)15-6-4-5-14(19)11-15/h4-6,11,13H,7-10,12H2,1-3H3. The molecule has 0 radical (unpaired) electrons. The highest BCUT2D eigenvalue weighted by Crippen LogP contribution is 2.22. The number of carbonyl (C=O) groups excluding carboxylic acids is 1. The zero-order valence-corrected chi connectivity index (χ0v) is 18.2. The summed E-state index contributed by atoms with van der Waals surface area (Å²) in [5.74, 6) is 0.635. The van der Waals surface area contributed by atoms with Crippen LogP contribution in [0.25, 0.3) is 0 Å². The lowest BCUT2D eigenvalue weighted by Gasteiger charge is -2.34. The molecule has 1 aliphatic heterocycles. The Morgan fingerprint density at radius 1 is 1.21 bits per heavy atom. The summed E-state index contributed by atoms with van der Waals surface area (Å²) in [6.07, 6.45) is 0. The molecule has 29 heavy (non-hydrogen) atoms. The van der Waals surface area contributed by atoms with E-state index in [1.165, 1.54) is 34.3 Å². The maximum absolute atomic E-state index is 13.4. The Labute approximate surface area is 174 Å². The Morgan fingerprint density at radius 2 is 1.90 bits per heavy atom. The van der Waals surface area contributed by atoms with Crippen molar-refractivity contribution in [3.63, 3.8) is 0 Å². The fourth-order valence-corrected chi connectivity index (χ4v) is 5.40. The number of piperazine rings is 1. The lowest BCUT2D eigenvalue weighted by atomic mass is 10.2. The number of amides is 1. The molecule has 3 rings (SSSR count). The molecule has 158 valence electrons. The van der Waals surface area contributed by atoms with Crippen LogP contribution in [0.4, 0.5) is 4.39 Å². The van der Waals surface area contributed by atoms with Crippen molar-refractivity contribution >= 4 is 27.7 Å². The van der Waals surface area contributed by atoms with Gasteiger partial charge in [0.25, 0.3) is 0 Å². The number of halogens is 1. The number of carbonyl (C=O) groups is 1. The van der Waals surface area contributed by atoms with Crippen molar-refractivity contribution in [2.24, 2.45) is 7.05 Å². The molecule has 0 unspecified atom stereocenters. The molecule has 2 heterocycles. The zero-order valence-electron chi connectivity index (χ0n) is 16.6. The SMILES string of the molecule is CC(C)c1nnc(SCC(=O)N2CCN(S(=O)(=O)c3cccc(F)c3)CC2)n1C. The van der Waals surface area contributed by atoms with E-state index in [0.29, 0.717) is 18.2 Å². The molecule has 1 aromatic heterocycles. The molecule has 0 aliphatic carbocycles. The molecular formula is C18H24FN5O3S2. The number of thioether (sulfide) groups is 1. The average molecular weight is 442 g/mol. The van der Waals surface area contributed by atoms with Crippen molar-refractivity contribution in [3.8, 4) is 0 Å². The molecule has 0 spiro atoms. The smallest absolute Gasteiger partial charge is 0.243 e. The number of sulfonamides is 1. The Hall–Kier alpha value is -1.98. The first kappa shape index (κ1) is 21.7. The minimum atomic E-state index is -3.77. The molecule has 1 saturated heterocycles. The van der Waals surface area contributed by atoms with Crippen molar-refractivity contribution in [1.82, 2.24) is 24.0 Å². The van der Waals surface area contributed by atoms with Crippen LogP contribution in [-0.2, 0) is 21.9 Å². The summed E-state index contributed by atoms with van der Waals surface area (Å²) in [5, 5.41) is 8.95. The van der Waals surface area contributed by atoms with Gasteiger partial charge in [0, 0.05) is 39.1 Å². The lowest BCUT2D eigenvalue weighted by Crippen LogP contribution is -2.51. The fraction of sp³-hybridized carbons (Fsp3) is 0.500. The van der Waals surface area contributed by atoms with Crippen LogP contribution in [0.15, 0.2) is 34.3 Å². The van der Waals surface area contributed by atoms with Gasteiger partial charge < -0.3 is 9.47 Å². The van der Waals surface area contributed by atoms with E-state index in [9.17, 15) is 17.6 Å². The summed E-state index contributed by atoms with van der Waals surface area (Å²) in [6, 6.07) is 4.96. The molecule has 2 aromatic rings. The van der Waals surface area contributed by atoms with Gasteiger partial charge in [-0.05, 0) is 18.2 Å². The number of hydrogen-bond donors (Lipinski definition) is 0. The minimum absolute atomic E-state index is 0.0731. The predicted octanol–water partition coefficient (Wildman–Crippen LogP) is 1.70. The van der Waals surface area contributed by atoms with E-state index in [-0.39, 0.29) is 35.6 Å². The first-order valence-electron chi connectivity index (χ1n) is 9.25. The van der Waals surface area contributed by atoms with E-state index in [1.807, 2.05) is 25.5 Å². The number of benzene rings is 1. The third-order valence-electron chi connectivity index (χ3n) is 4.73. The molecule has 0 N–H and O–H groups in total. The monoisotopic (exact) mass is 441 g/mol. The maximum Gasteiger partial charge on any atom is 0.243 e. The van der Waals surface area contributed by atoms with E-state index in [1.54, 1.807) is 4.90 Å². The number of nitrogens with zero attached hydrogens (tertiary/aromatic N) is 5. The van der Waals surface area contributed by atoms with Gasteiger partial charge >= 0.3 is 0 Å². The topological polar surface area (TPSA) is 88.4 Å². The van der Waals surface area contributed by atoms with Gasteiger partial charge in [-0.2, -0.15) is 4.31 Å². The van der Waals surface area contributed by atoms with Gasteiger partial charge in [-0.25, -0.2) is 12.8 Å². The van der Waals surface area contributed by atoms with Gasteiger partial charge in [0.15, 0.2) is 5.16 Å². The van der Waals surface area contributed by atoms with Crippen LogP contribution < -0.4 is 0 Å². The molecule has 1 aliphatic rings. The van der Waals surface area contributed by atoms with Crippen LogP contribution >= 0.6 is 11.8 Å². The Balaban J connectivity index is 1.56. The first-order chi connectivity index (χ1) is 13.7. The molecule has 8 nitrogen and oxygen atoms in total. The molecule has 0 saturated carbocycles.